The summed E-state index contributed by atoms with van der Waals surface area (Å²) in [5, 5.41) is 15.6. The molecule has 1 fully saturated rings. The molecule has 3 aromatic rings. The van der Waals surface area contributed by atoms with Gasteiger partial charge in [0.1, 0.15) is 13.3 Å². The van der Waals surface area contributed by atoms with E-state index >= 15 is 0 Å². The Kier molecular flexibility index (Phi) is 10.7. The zero-order valence-corrected chi connectivity index (χ0v) is 22.1. The average molecular weight is 581 g/mol. The summed E-state index contributed by atoms with van der Waals surface area (Å²) in [6.07, 6.45) is 2.23. The van der Waals surface area contributed by atoms with Crippen LogP contribution in [0, 0.1) is 5.41 Å². The van der Waals surface area contributed by atoms with Crippen molar-refractivity contribution in [3.05, 3.63) is 65.7 Å². The van der Waals surface area contributed by atoms with Gasteiger partial charge in [-0.15, -0.1) is 0 Å². The lowest BCUT2D eigenvalue weighted by Gasteiger charge is -2.17. The number of benzene rings is 1. The van der Waals surface area contributed by atoms with E-state index in [1.54, 1.807) is 48.1 Å². The van der Waals surface area contributed by atoms with Gasteiger partial charge in [0.2, 0.25) is 6.41 Å². The van der Waals surface area contributed by atoms with Gasteiger partial charge in [0, 0.05) is 48.4 Å². The van der Waals surface area contributed by atoms with Crippen LogP contribution in [0.25, 0.3) is 11.2 Å². The van der Waals surface area contributed by atoms with Crippen molar-refractivity contribution in [2.75, 3.05) is 25.6 Å². The second-order valence-electron chi connectivity index (χ2n) is 8.54. The van der Waals surface area contributed by atoms with Gasteiger partial charge in [-0.05, 0) is 25.0 Å². The molecule has 1 saturated carbocycles. The van der Waals surface area contributed by atoms with Gasteiger partial charge in [-0.2, -0.15) is 18.3 Å². The molecule has 5 N–H and O–H groups in total. The van der Waals surface area contributed by atoms with Gasteiger partial charge >= 0.3 is 14.8 Å². The van der Waals surface area contributed by atoms with E-state index in [0.29, 0.717) is 34.9 Å². The Morgan fingerprint density at radius 3 is 2.65 bits per heavy atom. The monoisotopic (exact) mass is 581 g/mol. The smallest absolute Gasteiger partial charge is 0.376 e. The summed E-state index contributed by atoms with van der Waals surface area (Å²) < 4.78 is 42.0. The SMILES string of the molecule is CN(/C=C(\C(=O)NC=O)c1cc(C2CC2)n2nccc2n1)COP(O)O.N=Cc1ccccc1NCC(F)(F)F. The number of carbonyl (C=O) groups is 2. The lowest BCUT2D eigenvalue weighted by Crippen LogP contribution is -2.25. The highest BCUT2D eigenvalue weighted by Crippen LogP contribution is 2.40. The number of carbonyl (C=O) groups excluding carboxylic acids is 2. The van der Waals surface area contributed by atoms with E-state index in [9.17, 15) is 22.8 Å². The molecule has 214 valence electrons. The van der Waals surface area contributed by atoms with Gasteiger partial charge in [-0.1, -0.05) is 18.2 Å². The van der Waals surface area contributed by atoms with E-state index in [1.807, 2.05) is 0 Å². The zero-order chi connectivity index (χ0) is 29.3. The Bertz CT molecular complexity index is 1360. The molecule has 4 rings (SSSR count). The van der Waals surface area contributed by atoms with E-state index in [-0.39, 0.29) is 12.3 Å². The highest BCUT2D eigenvalue weighted by molar-refractivity contribution is 7.39. The lowest BCUT2D eigenvalue weighted by atomic mass is 10.1. The summed E-state index contributed by atoms with van der Waals surface area (Å²) in [4.78, 5) is 46.7. The van der Waals surface area contributed by atoms with E-state index in [1.165, 1.54) is 17.2 Å². The zero-order valence-electron chi connectivity index (χ0n) is 21.2. The van der Waals surface area contributed by atoms with Crippen LogP contribution in [0.4, 0.5) is 18.9 Å². The van der Waals surface area contributed by atoms with Gasteiger partial charge in [-0.25, -0.2) is 9.50 Å². The van der Waals surface area contributed by atoms with Crippen LogP contribution in [-0.2, 0) is 14.1 Å². The number of amides is 2. The van der Waals surface area contributed by atoms with Crippen molar-refractivity contribution in [1.82, 2.24) is 24.8 Å². The predicted molar refractivity (Wildman–Crippen MR) is 141 cm³/mol. The number of hydrogen-bond donors (Lipinski definition) is 5. The van der Waals surface area contributed by atoms with Crippen molar-refractivity contribution in [3.63, 3.8) is 0 Å². The minimum Gasteiger partial charge on any atom is -0.376 e. The van der Waals surface area contributed by atoms with Crippen LogP contribution in [-0.4, -0.2) is 74.3 Å². The molecule has 0 spiro atoms. The van der Waals surface area contributed by atoms with Gasteiger partial charge in [0.15, 0.2) is 5.65 Å². The summed E-state index contributed by atoms with van der Waals surface area (Å²) >= 11 is 0. The number of fused-ring (bicyclic) bond motifs is 1. The number of aromatic nitrogens is 3. The largest absolute Gasteiger partial charge is 0.405 e. The molecule has 0 unspecified atom stereocenters. The molecule has 1 aliphatic carbocycles. The summed E-state index contributed by atoms with van der Waals surface area (Å²) in [6.45, 7) is -1.24. The summed E-state index contributed by atoms with van der Waals surface area (Å²) in [5.41, 5.74) is 2.85. The molecule has 40 heavy (non-hydrogen) atoms. The maximum Gasteiger partial charge on any atom is 0.405 e. The minimum atomic E-state index is -4.24. The summed E-state index contributed by atoms with van der Waals surface area (Å²) in [6, 6.07) is 9.89. The highest BCUT2D eigenvalue weighted by Gasteiger charge is 2.29. The third-order valence-electron chi connectivity index (χ3n) is 5.42. The molecule has 16 heteroatoms. The van der Waals surface area contributed by atoms with Crippen LogP contribution in [0.1, 0.15) is 35.7 Å². The number of hydrogen-bond acceptors (Lipinski definition) is 10. The van der Waals surface area contributed by atoms with E-state index in [2.05, 4.69) is 20.7 Å². The molecule has 1 aromatic carbocycles. The first-order valence-electron chi connectivity index (χ1n) is 11.7. The fourth-order valence-electron chi connectivity index (χ4n) is 3.50. The van der Waals surface area contributed by atoms with E-state index < -0.39 is 27.2 Å². The standard InChI is InChI=1S/C15H18N5O5P.C9H9F3N2/c1-19(9-25-26(23)24)7-11(15(22)16-8-21)12-6-13(10-2-3-10)20-14(18-12)4-5-17-20;10-9(11,12)6-14-8-4-2-1-3-7(8)5-13/h4-8,10,23-24H,2-3,9H2,1H3,(H,16,21,22);1-5,13-14H,6H2/b11-7-;. The molecule has 0 bridgehead atoms. The van der Waals surface area contributed by atoms with Crippen LogP contribution in [0.2, 0.25) is 0 Å². The van der Waals surface area contributed by atoms with Crippen molar-refractivity contribution in [2.45, 2.75) is 24.9 Å². The van der Waals surface area contributed by atoms with E-state index in [0.717, 1.165) is 24.8 Å². The molecular formula is C24H27F3N7O5P. The second kappa shape index (κ2) is 13.9. The maximum atomic E-state index is 12.4. The normalized spacial score (nSPS) is 13.4. The summed E-state index contributed by atoms with van der Waals surface area (Å²) in [5.74, 6) is -0.261. The fraction of sp³-hybridized carbons (Fsp3) is 0.292. The Morgan fingerprint density at radius 2 is 2.02 bits per heavy atom. The molecule has 2 amide bonds. The quantitative estimate of drug-likeness (QED) is 0.0753. The van der Waals surface area contributed by atoms with Crippen molar-refractivity contribution in [2.24, 2.45) is 0 Å². The van der Waals surface area contributed by atoms with Crippen LogP contribution >= 0.6 is 8.60 Å². The number of anilines is 1. The maximum absolute atomic E-state index is 12.4. The average Bonchev–Trinajstić information content (AvgIpc) is 3.65. The number of halogens is 3. The number of imide groups is 1. The molecule has 12 nitrogen and oxygen atoms in total. The number of rotatable bonds is 11. The van der Waals surface area contributed by atoms with Gasteiger partial charge < -0.3 is 25.4 Å². The Morgan fingerprint density at radius 1 is 1.30 bits per heavy atom. The number of alkyl halides is 3. The van der Waals surface area contributed by atoms with E-state index in [4.69, 9.17) is 19.7 Å². The van der Waals surface area contributed by atoms with Crippen molar-refractivity contribution < 1.29 is 37.1 Å². The molecule has 2 heterocycles. The third kappa shape index (κ3) is 9.09. The van der Waals surface area contributed by atoms with Crippen LogP contribution in [0.15, 0.2) is 48.8 Å². The second-order valence-corrected chi connectivity index (χ2v) is 9.31. The third-order valence-corrected chi connectivity index (χ3v) is 5.76. The number of para-hydroxylation sites is 1. The molecule has 0 radical (unpaired) electrons. The molecule has 2 aromatic heterocycles. The van der Waals surface area contributed by atoms with Crippen molar-refractivity contribution >= 4 is 44.0 Å². The van der Waals surface area contributed by atoms with Crippen LogP contribution in [0.3, 0.4) is 0 Å². The first-order valence-corrected chi connectivity index (χ1v) is 12.9. The van der Waals surface area contributed by atoms with Crippen LogP contribution in [0.5, 0.6) is 0 Å². The van der Waals surface area contributed by atoms with Gasteiger partial charge in [-0.3, -0.25) is 19.4 Å². The Hall–Kier alpha value is -3.91. The topological polar surface area (TPSA) is 165 Å². The number of nitrogens with one attached hydrogen (secondary N) is 3. The first kappa shape index (κ1) is 30.6. The summed E-state index contributed by atoms with van der Waals surface area (Å²) in [7, 11) is -0.922. The van der Waals surface area contributed by atoms with Crippen molar-refractivity contribution in [1.29, 1.82) is 5.41 Å². The molecule has 0 saturated heterocycles. The van der Waals surface area contributed by atoms with Crippen molar-refractivity contribution in [3.8, 4) is 0 Å². The number of nitrogens with zero attached hydrogens (tertiary/aromatic N) is 4. The van der Waals surface area contributed by atoms with Gasteiger partial charge in [0.05, 0.1) is 17.5 Å². The first-order chi connectivity index (χ1) is 19.0. The molecule has 0 atom stereocenters. The van der Waals surface area contributed by atoms with Gasteiger partial charge in [0.25, 0.3) is 5.91 Å². The highest BCUT2D eigenvalue weighted by atomic mass is 31.2. The predicted octanol–water partition coefficient (Wildman–Crippen LogP) is 3.00. The Labute approximate surface area is 228 Å². The fourth-order valence-corrected chi connectivity index (χ4v) is 3.78. The lowest BCUT2D eigenvalue weighted by molar-refractivity contribution is -0.121. The Balaban J connectivity index is 0.000000267. The molecule has 0 aliphatic heterocycles. The molecular weight excluding hydrogens is 554 g/mol. The van der Waals surface area contributed by atoms with Crippen LogP contribution < -0.4 is 10.6 Å². The minimum absolute atomic E-state index is 0.147. The molecule has 1 aliphatic rings.